The molecule has 0 radical (unpaired) electrons. The average Bonchev–Trinajstić information content (AvgIpc) is 2.85. The Hall–Kier alpha value is -0.760. The Morgan fingerprint density at radius 3 is 2.72 bits per heavy atom. The molecule has 0 aliphatic rings. The van der Waals surface area contributed by atoms with Gasteiger partial charge in [-0.1, -0.05) is 13.8 Å². The van der Waals surface area contributed by atoms with Crippen LogP contribution in [-0.4, -0.2) is 21.5 Å². The van der Waals surface area contributed by atoms with Crippen molar-refractivity contribution in [1.82, 2.24) is 15.0 Å². The van der Waals surface area contributed by atoms with Crippen LogP contribution < -0.4 is 5.32 Å². The standard InChI is InChI=1S/C12H15IN4S/c1-4-14-12-9(13)10(7(2)3)16-11(17-12)8-5-18-6-15-8/h5-7H,4H2,1-3H3,(H,14,16,17). The predicted molar refractivity (Wildman–Crippen MR) is 84.1 cm³/mol. The summed E-state index contributed by atoms with van der Waals surface area (Å²) < 4.78 is 1.10. The van der Waals surface area contributed by atoms with Crippen LogP contribution in [0.15, 0.2) is 10.9 Å². The van der Waals surface area contributed by atoms with Gasteiger partial charge < -0.3 is 5.32 Å². The van der Waals surface area contributed by atoms with E-state index in [4.69, 9.17) is 0 Å². The Labute approximate surface area is 124 Å². The molecule has 0 amide bonds. The van der Waals surface area contributed by atoms with Gasteiger partial charge in [0.05, 0.1) is 14.8 Å². The van der Waals surface area contributed by atoms with Gasteiger partial charge in [-0.15, -0.1) is 11.3 Å². The molecular formula is C12H15IN4S. The van der Waals surface area contributed by atoms with E-state index >= 15 is 0 Å². The number of hydrogen-bond acceptors (Lipinski definition) is 5. The van der Waals surface area contributed by atoms with Crippen LogP contribution >= 0.6 is 33.9 Å². The Morgan fingerprint density at radius 2 is 2.17 bits per heavy atom. The van der Waals surface area contributed by atoms with Crippen molar-refractivity contribution in [2.75, 3.05) is 11.9 Å². The van der Waals surface area contributed by atoms with Gasteiger partial charge in [0.1, 0.15) is 11.5 Å². The van der Waals surface area contributed by atoms with Crippen LogP contribution in [0.1, 0.15) is 32.4 Å². The van der Waals surface area contributed by atoms with E-state index in [-0.39, 0.29) is 0 Å². The Kier molecular flexibility index (Phi) is 4.50. The van der Waals surface area contributed by atoms with E-state index < -0.39 is 0 Å². The zero-order valence-electron chi connectivity index (χ0n) is 10.6. The molecule has 0 unspecified atom stereocenters. The molecule has 6 heteroatoms. The summed E-state index contributed by atoms with van der Waals surface area (Å²) in [5.74, 6) is 1.98. The number of anilines is 1. The topological polar surface area (TPSA) is 50.7 Å². The quantitative estimate of drug-likeness (QED) is 0.828. The number of thiazole rings is 1. The zero-order chi connectivity index (χ0) is 13.1. The van der Waals surface area contributed by atoms with Gasteiger partial charge in [-0.05, 0) is 35.4 Å². The highest BCUT2D eigenvalue weighted by atomic mass is 127. The van der Waals surface area contributed by atoms with Crippen LogP contribution in [0.4, 0.5) is 5.82 Å². The lowest BCUT2D eigenvalue weighted by molar-refractivity contribution is 0.808. The average molecular weight is 374 g/mol. The van der Waals surface area contributed by atoms with Gasteiger partial charge in [-0.3, -0.25) is 0 Å². The minimum absolute atomic E-state index is 0.370. The van der Waals surface area contributed by atoms with Gasteiger partial charge in [0.2, 0.25) is 0 Å². The number of rotatable bonds is 4. The zero-order valence-corrected chi connectivity index (χ0v) is 13.5. The second-order valence-electron chi connectivity index (χ2n) is 4.15. The third-order valence-electron chi connectivity index (χ3n) is 2.43. The first-order valence-corrected chi connectivity index (χ1v) is 7.85. The minimum Gasteiger partial charge on any atom is -0.369 e. The van der Waals surface area contributed by atoms with E-state index in [1.54, 1.807) is 16.8 Å². The van der Waals surface area contributed by atoms with Gasteiger partial charge in [-0.2, -0.15) is 0 Å². The lowest BCUT2D eigenvalue weighted by atomic mass is 10.1. The maximum absolute atomic E-state index is 4.64. The predicted octanol–water partition coefficient (Wildman–Crippen LogP) is 3.76. The molecule has 0 fully saturated rings. The fourth-order valence-electron chi connectivity index (χ4n) is 1.57. The van der Waals surface area contributed by atoms with Crippen LogP contribution in [0, 0.1) is 3.57 Å². The van der Waals surface area contributed by atoms with E-state index in [1.807, 2.05) is 5.38 Å². The molecule has 18 heavy (non-hydrogen) atoms. The highest BCUT2D eigenvalue weighted by Crippen LogP contribution is 2.28. The molecule has 0 bridgehead atoms. The molecule has 2 aromatic heterocycles. The molecule has 0 aliphatic carbocycles. The van der Waals surface area contributed by atoms with Gasteiger partial charge in [0.15, 0.2) is 5.82 Å². The smallest absolute Gasteiger partial charge is 0.181 e. The van der Waals surface area contributed by atoms with Gasteiger partial charge in [0.25, 0.3) is 0 Å². The molecule has 2 aromatic rings. The van der Waals surface area contributed by atoms with Crippen molar-refractivity contribution in [3.8, 4) is 11.5 Å². The molecule has 1 N–H and O–H groups in total. The molecular weight excluding hydrogens is 359 g/mol. The first kappa shape index (κ1) is 13.7. The third-order valence-corrected chi connectivity index (χ3v) is 4.08. The summed E-state index contributed by atoms with van der Waals surface area (Å²) in [5.41, 5.74) is 3.72. The van der Waals surface area contributed by atoms with Crippen molar-refractivity contribution in [2.24, 2.45) is 0 Å². The largest absolute Gasteiger partial charge is 0.369 e. The Balaban J connectivity index is 2.55. The highest BCUT2D eigenvalue weighted by molar-refractivity contribution is 14.1. The minimum atomic E-state index is 0.370. The Morgan fingerprint density at radius 1 is 1.39 bits per heavy atom. The maximum Gasteiger partial charge on any atom is 0.181 e. The van der Waals surface area contributed by atoms with Gasteiger partial charge in [-0.25, -0.2) is 15.0 Å². The van der Waals surface area contributed by atoms with Crippen molar-refractivity contribution >= 4 is 39.7 Å². The fraction of sp³-hybridized carbons (Fsp3) is 0.417. The second kappa shape index (κ2) is 5.92. The van der Waals surface area contributed by atoms with E-state index in [2.05, 4.69) is 63.6 Å². The van der Waals surface area contributed by atoms with E-state index in [9.17, 15) is 0 Å². The number of hydrogen-bond donors (Lipinski definition) is 1. The first-order chi connectivity index (χ1) is 8.63. The molecule has 0 spiro atoms. The van der Waals surface area contributed by atoms with Crippen molar-refractivity contribution in [3.05, 3.63) is 20.2 Å². The molecule has 96 valence electrons. The fourth-order valence-corrected chi connectivity index (χ4v) is 3.15. The van der Waals surface area contributed by atoms with Crippen LogP contribution in [0.5, 0.6) is 0 Å². The van der Waals surface area contributed by atoms with E-state index in [1.165, 1.54) is 0 Å². The third kappa shape index (κ3) is 2.80. The molecule has 0 saturated carbocycles. The van der Waals surface area contributed by atoms with E-state index in [0.29, 0.717) is 11.7 Å². The highest BCUT2D eigenvalue weighted by Gasteiger charge is 2.16. The summed E-state index contributed by atoms with van der Waals surface area (Å²) in [6.07, 6.45) is 0. The van der Waals surface area contributed by atoms with Crippen LogP contribution in [0.25, 0.3) is 11.5 Å². The van der Waals surface area contributed by atoms with Crippen molar-refractivity contribution in [1.29, 1.82) is 0 Å². The van der Waals surface area contributed by atoms with Gasteiger partial charge in [0, 0.05) is 11.9 Å². The van der Waals surface area contributed by atoms with Crippen LogP contribution in [0.2, 0.25) is 0 Å². The molecule has 0 aromatic carbocycles. The molecule has 2 heterocycles. The summed E-state index contributed by atoms with van der Waals surface area (Å²) in [7, 11) is 0. The lowest BCUT2D eigenvalue weighted by Crippen LogP contribution is -2.09. The number of nitrogens with zero attached hydrogens (tertiary/aromatic N) is 3. The molecule has 0 atom stereocenters. The summed E-state index contributed by atoms with van der Waals surface area (Å²) in [6, 6.07) is 0. The molecule has 4 nitrogen and oxygen atoms in total. The maximum atomic E-state index is 4.64. The summed E-state index contributed by atoms with van der Waals surface area (Å²) in [4.78, 5) is 13.5. The lowest BCUT2D eigenvalue weighted by Gasteiger charge is -2.13. The normalized spacial score (nSPS) is 10.9. The van der Waals surface area contributed by atoms with Crippen molar-refractivity contribution in [3.63, 3.8) is 0 Å². The SMILES string of the molecule is CCNc1nc(-c2cscn2)nc(C(C)C)c1I. The summed E-state index contributed by atoms with van der Waals surface area (Å²) >= 11 is 3.87. The van der Waals surface area contributed by atoms with Gasteiger partial charge >= 0.3 is 0 Å². The summed E-state index contributed by atoms with van der Waals surface area (Å²) in [5, 5.41) is 5.26. The Bertz CT molecular complexity index is 525. The molecule has 0 saturated heterocycles. The monoisotopic (exact) mass is 374 g/mol. The van der Waals surface area contributed by atoms with E-state index in [0.717, 1.165) is 27.3 Å². The van der Waals surface area contributed by atoms with Crippen LogP contribution in [0.3, 0.4) is 0 Å². The molecule has 2 rings (SSSR count). The van der Waals surface area contributed by atoms with Crippen molar-refractivity contribution < 1.29 is 0 Å². The summed E-state index contributed by atoms with van der Waals surface area (Å²) in [6.45, 7) is 7.20. The second-order valence-corrected chi connectivity index (χ2v) is 5.95. The van der Waals surface area contributed by atoms with Crippen LogP contribution in [-0.2, 0) is 0 Å². The first-order valence-electron chi connectivity index (χ1n) is 5.83. The number of nitrogens with one attached hydrogen (secondary N) is 1. The molecule has 0 aliphatic heterocycles. The van der Waals surface area contributed by atoms with Crippen molar-refractivity contribution in [2.45, 2.75) is 26.7 Å². The number of aromatic nitrogens is 3. The number of halogens is 1.